The van der Waals surface area contributed by atoms with Gasteiger partial charge in [0.1, 0.15) is 17.2 Å². The minimum atomic E-state index is -1.98. The second-order valence-corrected chi connectivity index (χ2v) is 8.69. The summed E-state index contributed by atoms with van der Waals surface area (Å²) >= 11 is 0. The molecule has 0 aliphatic carbocycles. The second-order valence-electron chi connectivity index (χ2n) is 8.69. The molecule has 0 atom stereocenters. The van der Waals surface area contributed by atoms with Crippen LogP contribution in [0.1, 0.15) is 31.1 Å². The Hall–Kier alpha value is -4.76. The second kappa shape index (κ2) is 13.3. The van der Waals surface area contributed by atoms with Crippen LogP contribution >= 0.6 is 0 Å². The molecule has 0 saturated heterocycles. The number of esters is 3. The van der Waals surface area contributed by atoms with Crippen LogP contribution in [0, 0.1) is 0 Å². The summed E-state index contributed by atoms with van der Waals surface area (Å²) in [4.78, 5) is 38.8. The van der Waals surface area contributed by atoms with Crippen molar-refractivity contribution in [3.63, 3.8) is 0 Å². The molecule has 0 bridgehead atoms. The van der Waals surface area contributed by atoms with Gasteiger partial charge >= 0.3 is 39.3 Å². The molecule has 0 aliphatic heterocycles. The van der Waals surface area contributed by atoms with E-state index in [1.165, 1.54) is 72.8 Å². The van der Waals surface area contributed by atoms with Crippen LogP contribution in [0.5, 0.6) is 17.2 Å². The first kappa shape index (κ1) is 30.2. The van der Waals surface area contributed by atoms with E-state index in [1.54, 1.807) is 0 Å². The maximum Gasteiger partial charge on any atom is 0.489 e. The number of ether oxygens (including phenoxy) is 3. The largest absolute Gasteiger partial charge is 0.489 e. The van der Waals surface area contributed by atoms with Crippen molar-refractivity contribution in [2.75, 3.05) is 0 Å². The zero-order valence-electron chi connectivity index (χ0n) is 21.5. The third kappa shape index (κ3) is 7.11. The predicted octanol–water partition coefficient (Wildman–Crippen LogP) is -1.62. The van der Waals surface area contributed by atoms with E-state index in [4.69, 9.17) is 14.2 Å². The monoisotopic (exact) mass is 570 g/mol. The lowest BCUT2D eigenvalue weighted by Crippen LogP contribution is -2.35. The molecule has 0 aromatic heterocycles. The molecule has 4 aromatic rings. The van der Waals surface area contributed by atoms with Gasteiger partial charge in [-0.2, -0.15) is 0 Å². The van der Waals surface area contributed by atoms with E-state index in [0.717, 1.165) is 18.2 Å². The number of benzene rings is 4. The Morgan fingerprint density at radius 1 is 0.429 bits per heavy atom. The molecule has 6 N–H and O–H groups in total. The zero-order valence-corrected chi connectivity index (χ0v) is 21.5. The standard InChI is InChI=1S/C27H21B3O12/c31-25(19-7-1-4-10-22(19)28(34)35)40-16-13-17(41-26(32)20-8-2-5-11-23(20)29(36)37)15-18(14-16)42-27(33)21-9-3-6-12-24(21)30(38)39/h1-15,34-39H. The van der Waals surface area contributed by atoms with Gasteiger partial charge in [0.25, 0.3) is 0 Å². The fourth-order valence-electron chi connectivity index (χ4n) is 3.93. The fourth-order valence-corrected chi connectivity index (χ4v) is 3.93. The SMILES string of the molecule is O=C(Oc1cc(OC(=O)c2ccccc2B(O)O)cc(OC(=O)c2ccccc2B(O)O)c1)c1ccccc1B(O)O. The molecule has 42 heavy (non-hydrogen) atoms. The van der Waals surface area contributed by atoms with E-state index >= 15 is 0 Å². The molecule has 4 rings (SSSR count). The Bertz CT molecular complexity index is 1420. The Balaban J connectivity index is 1.70. The molecule has 0 fully saturated rings. The Labute approximate surface area is 239 Å². The van der Waals surface area contributed by atoms with Crippen molar-refractivity contribution in [2.45, 2.75) is 0 Å². The molecular formula is C27H21B3O12. The van der Waals surface area contributed by atoms with E-state index in [0.29, 0.717) is 0 Å². The average Bonchev–Trinajstić information content (AvgIpc) is 2.96. The third-order valence-corrected chi connectivity index (χ3v) is 5.86. The van der Waals surface area contributed by atoms with Gasteiger partial charge in [-0.05, 0) is 34.6 Å². The van der Waals surface area contributed by atoms with Gasteiger partial charge in [0.2, 0.25) is 0 Å². The summed E-state index contributed by atoms with van der Waals surface area (Å²) in [6, 6.07) is 19.9. The van der Waals surface area contributed by atoms with Gasteiger partial charge in [-0.15, -0.1) is 0 Å². The first-order valence-electron chi connectivity index (χ1n) is 12.2. The topological polar surface area (TPSA) is 200 Å². The summed E-state index contributed by atoms with van der Waals surface area (Å²) in [7, 11) is -5.95. The first-order chi connectivity index (χ1) is 20.0. The summed E-state index contributed by atoms with van der Waals surface area (Å²) < 4.78 is 16.1. The van der Waals surface area contributed by atoms with E-state index in [1.807, 2.05) is 0 Å². The maximum atomic E-state index is 12.9. The van der Waals surface area contributed by atoms with Crippen LogP contribution < -0.4 is 30.6 Å². The molecule has 12 nitrogen and oxygen atoms in total. The summed E-state index contributed by atoms with van der Waals surface area (Å²) in [6.07, 6.45) is 0. The highest BCUT2D eigenvalue weighted by atomic mass is 16.6. The number of carbonyl (C=O) groups is 3. The van der Waals surface area contributed by atoms with Crippen LogP contribution in [0.2, 0.25) is 0 Å². The van der Waals surface area contributed by atoms with Crippen molar-refractivity contribution in [1.29, 1.82) is 0 Å². The van der Waals surface area contributed by atoms with E-state index < -0.39 is 39.3 Å². The molecule has 210 valence electrons. The predicted molar refractivity (Wildman–Crippen MR) is 150 cm³/mol. The number of rotatable bonds is 9. The molecular weight excluding hydrogens is 549 g/mol. The molecule has 0 unspecified atom stereocenters. The quantitative estimate of drug-likeness (QED) is 0.0766. The van der Waals surface area contributed by atoms with Crippen molar-refractivity contribution >= 4 is 55.7 Å². The van der Waals surface area contributed by atoms with Crippen molar-refractivity contribution in [3.8, 4) is 17.2 Å². The summed E-state index contributed by atoms with van der Waals surface area (Å²) in [5, 5.41) is 57.6. The maximum absolute atomic E-state index is 12.9. The van der Waals surface area contributed by atoms with Gasteiger partial charge in [0.15, 0.2) is 0 Å². The lowest BCUT2D eigenvalue weighted by Gasteiger charge is -2.14. The normalized spacial score (nSPS) is 10.4. The smallest absolute Gasteiger partial charge is 0.423 e. The van der Waals surface area contributed by atoms with Gasteiger partial charge in [0, 0.05) is 18.2 Å². The minimum absolute atomic E-state index is 0.143. The van der Waals surface area contributed by atoms with Crippen LogP contribution in [-0.2, 0) is 0 Å². The molecule has 0 saturated carbocycles. The van der Waals surface area contributed by atoms with Crippen LogP contribution in [0.25, 0.3) is 0 Å². The lowest BCUT2D eigenvalue weighted by molar-refractivity contribution is 0.0731. The van der Waals surface area contributed by atoms with Crippen LogP contribution in [0.15, 0.2) is 91.0 Å². The molecule has 0 aliphatic rings. The Kier molecular flexibility index (Phi) is 9.55. The Morgan fingerprint density at radius 3 is 0.905 bits per heavy atom. The van der Waals surface area contributed by atoms with Crippen molar-refractivity contribution < 1.29 is 58.7 Å². The summed E-state index contributed by atoms with van der Waals surface area (Å²) in [5.74, 6) is -3.95. The zero-order chi connectivity index (χ0) is 30.4. The average molecular weight is 570 g/mol. The fraction of sp³-hybridized carbons (Fsp3) is 0. The highest BCUT2D eigenvalue weighted by Crippen LogP contribution is 2.30. The van der Waals surface area contributed by atoms with Crippen LogP contribution in [0.4, 0.5) is 0 Å². The van der Waals surface area contributed by atoms with Crippen LogP contribution in [0.3, 0.4) is 0 Å². The molecule has 15 heteroatoms. The summed E-state index contributed by atoms with van der Waals surface area (Å²) in [5.41, 5.74) is -0.999. The molecule has 0 amide bonds. The van der Waals surface area contributed by atoms with E-state index in [9.17, 15) is 44.5 Å². The molecule has 0 spiro atoms. The van der Waals surface area contributed by atoms with Gasteiger partial charge in [-0.1, -0.05) is 54.6 Å². The molecule has 0 heterocycles. The number of hydrogen-bond donors (Lipinski definition) is 6. The molecule has 4 aromatic carbocycles. The molecule has 0 radical (unpaired) electrons. The number of hydrogen-bond acceptors (Lipinski definition) is 12. The van der Waals surface area contributed by atoms with E-state index in [-0.39, 0.29) is 50.3 Å². The first-order valence-corrected chi connectivity index (χ1v) is 12.2. The van der Waals surface area contributed by atoms with Gasteiger partial charge < -0.3 is 44.4 Å². The highest BCUT2D eigenvalue weighted by Gasteiger charge is 2.25. The van der Waals surface area contributed by atoms with Crippen LogP contribution in [-0.4, -0.2) is 69.4 Å². The number of carbonyl (C=O) groups excluding carboxylic acids is 3. The van der Waals surface area contributed by atoms with Crippen molar-refractivity contribution in [2.24, 2.45) is 0 Å². The van der Waals surface area contributed by atoms with Gasteiger partial charge in [0.05, 0.1) is 16.7 Å². The lowest BCUT2D eigenvalue weighted by atomic mass is 9.77. The highest BCUT2D eigenvalue weighted by molar-refractivity contribution is 6.61. The summed E-state index contributed by atoms with van der Waals surface area (Å²) in [6.45, 7) is 0. The van der Waals surface area contributed by atoms with Crippen molar-refractivity contribution in [1.82, 2.24) is 0 Å². The Morgan fingerprint density at radius 2 is 0.667 bits per heavy atom. The van der Waals surface area contributed by atoms with E-state index in [2.05, 4.69) is 0 Å². The van der Waals surface area contributed by atoms with Gasteiger partial charge in [-0.25, -0.2) is 14.4 Å². The van der Waals surface area contributed by atoms with Crippen molar-refractivity contribution in [3.05, 3.63) is 108 Å². The third-order valence-electron chi connectivity index (χ3n) is 5.86. The van der Waals surface area contributed by atoms with Gasteiger partial charge in [-0.3, -0.25) is 0 Å². The minimum Gasteiger partial charge on any atom is -0.423 e.